The zero-order valence-electron chi connectivity index (χ0n) is 15.7. The van der Waals surface area contributed by atoms with Crippen LogP contribution in [0.25, 0.3) is 10.9 Å². The molecule has 0 fully saturated rings. The molecule has 0 bridgehead atoms. The molecule has 0 amide bonds. The van der Waals surface area contributed by atoms with E-state index in [4.69, 9.17) is 4.74 Å². The van der Waals surface area contributed by atoms with Crippen LogP contribution >= 0.6 is 0 Å². The van der Waals surface area contributed by atoms with Crippen LogP contribution in [0.5, 0.6) is 17.2 Å². The summed E-state index contributed by atoms with van der Waals surface area (Å²) in [6.07, 6.45) is -0.227. The summed E-state index contributed by atoms with van der Waals surface area (Å²) in [7, 11) is 1.40. The average molecular weight is 401 g/mol. The van der Waals surface area contributed by atoms with Gasteiger partial charge in [0.1, 0.15) is 22.8 Å². The van der Waals surface area contributed by atoms with Gasteiger partial charge in [-0.3, -0.25) is 9.59 Å². The summed E-state index contributed by atoms with van der Waals surface area (Å²) >= 11 is 0. The maximum absolute atomic E-state index is 13.8. The summed E-state index contributed by atoms with van der Waals surface area (Å²) in [5, 5.41) is 10.7. The topological polar surface area (TPSA) is 85.6 Å². The van der Waals surface area contributed by atoms with Crippen molar-refractivity contribution in [3.8, 4) is 17.2 Å². The van der Waals surface area contributed by atoms with Gasteiger partial charge in [-0.05, 0) is 31.2 Å². The van der Waals surface area contributed by atoms with Gasteiger partial charge in [0.25, 0.3) is 5.56 Å². The Morgan fingerprint density at radius 1 is 1.14 bits per heavy atom. The molecule has 0 saturated heterocycles. The maximum atomic E-state index is 13.8. The molecule has 0 radical (unpaired) electrons. The molecule has 0 aliphatic heterocycles. The minimum absolute atomic E-state index is 0.0363. The van der Waals surface area contributed by atoms with Crippen molar-refractivity contribution < 1.29 is 28.2 Å². The van der Waals surface area contributed by atoms with Crippen molar-refractivity contribution in [2.24, 2.45) is 7.05 Å². The summed E-state index contributed by atoms with van der Waals surface area (Å²) in [5.74, 6) is -3.80. The lowest BCUT2D eigenvalue weighted by atomic mass is 10.0. The summed E-state index contributed by atoms with van der Waals surface area (Å²) in [6.45, 7) is 1.33. The third kappa shape index (κ3) is 3.87. The predicted octanol–water partition coefficient (Wildman–Crippen LogP) is 3.87. The van der Waals surface area contributed by atoms with Crippen molar-refractivity contribution in [3.05, 3.63) is 63.9 Å². The number of Topliss-reactive ketones (excluding diaryl/α,β-unsaturated/α-hetero) is 2. The molecule has 3 rings (SSSR count). The van der Waals surface area contributed by atoms with Gasteiger partial charge < -0.3 is 19.2 Å². The van der Waals surface area contributed by atoms with Crippen LogP contribution in [0.4, 0.5) is 8.78 Å². The Morgan fingerprint density at radius 3 is 2.55 bits per heavy atom. The zero-order valence-corrected chi connectivity index (χ0v) is 15.7. The SMILES string of the molecule is CC(=O)CCC(=O)c1c(O)c2ccc(Oc3cccc(F)c3F)cc2n(C)c1=O. The second kappa shape index (κ2) is 7.83. The van der Waals surface area contributed by atoms with E-state index in [1.165, 1.54) is 44.3 Å². The van der Waals surface area contributed by atoms with Crippen molar-refractivity contribution >= 4 is 22.5 Å². The minimum atomic E-state index is -1.16. The number of ether oxygens (including phenoxy) is 1. The number of pyridine rings is 1. The number of ketones is 2. The summed E-state index contributed by atoms with van der Waals surface area (Å²) in [4.78, 5) is 36.0. The van der Waals surface area contributed by atoms with Crippen molar-refractivity contribution in [3.63, 3.8) is 0 Å². The highest BCUT2D eigenvalue weighted by molar-refractivity contribution is 6.04. The standard InChI is InChI=1S/C21H17F2NO5/c1-11(25)6-9-16(26)18-20(27)13-8-7-12(10-15(13)24(2)21(18)28)29-17-5-3-4-14(22)19(17)23/h3-5,7-8,10,27H,6,9H2,1-2H3. The number of aromatic nitrogens is 1. The van der Waals surface area contributed by atoms with Crippen molar-refractivity contribution in [1.82, 2.24) is 4.57 Å². The molecule has 0 spiro atoms. The van der Waals surface area contributed by atoms with E-state index in [9.17, 15) is 28.3 Å². The van der Waals surface area contributed by atoms with Crippen LogP contribution in [-0.4, -0.2) is 21.2 Å². The van der Waals surface area contributed by atoms with Crippen LogP contribution in [0, 0.1) is 11.6 Å². The van der Waals surface area contributed by atoms with E-state index in [0.717, 1.165) is 10.6 Å². The smallest absolute Gasteiger partial charge is 0.265 e. The highest BCUT2D eigenvalue weighted by atomic mass is 19.2. The second-order valence-electron chi connectivity index (χ2n) is 6.55. The Morgan fingerprint density at radius 2 is 1.86 bits per heavy atom. The molecule has 1 heterocycles. The number of aryl methyl sites for hydroxylation is 1. The van der Waals surface area contributed by atoms with Crippen LogP contribution in [0.1, 0.15) is 30.1 Å². The number of carbonyl (C=O) groups is 2. The largest absolute Gasteiger partial charge is 0.506 e. The fraction of sp³-hybridized carbons (Fsp3) is 0.190. The molecular weight excluding hydrogens is 384 g/mol. The summed E-state index contributed by atoms with van der Waals surface area (Å²) in [6, 6.07) is 7.64. The molecule has 150 valence electrons. The normalized spacial score (nSPS) is 10.9. The van der Waals surface area contributed by atoms with E-state index >= 15 is 0 Å². The molecule has 8 heteroatoms. The number of halogens is 2. The van der Waals surface area contributed by atoms with E-state index in [-0.39, 0.29) is 41.0 Å². The van der Waals surface area contributed by atoms with Gasteiger partial charge in [-0.25, -0.2) is 4.39 Å². The van der Waals surface area contributed by atoms with E-state index in [1.807, 2.05) is 0 Å². The Bertz CT molecular complexity index is 1200. The van der Waals surface area contributed by atoms with E-state index in [1.54, 1.807) is 0 Å². The number of hydrogen-bond donors (Lipinski definition) is 1. The monoisotopic (exact) mass is 401 g/mol. The molecule has 6 nitrogen and oxygen atoms in total. The molecule has 2 aromatic carbocycles. The molecule has 0 atom stereocenters. The predicted molar refractivity (Wildman–Crippen MR) is 102 cm³/mol. The highest BCUT2D eigenvalue weighted by Gasteiger charge is 2.21. The Balaban J connectivity index is 2.06. The third-order valence-electron chi connectivity index (χ3n) is 4.47. The number of nitrogens with zero attached hydrogens (tertiary/aromatic N) is 1. The Kier molecular flexibility index (Phi) is 5.45. The van der Waals surface area contributed by atoms with Crippen LogP contribution in [-0.2, 0) is 11.8 Å². The quantitative estimate of drug-likeness (QED) is 0.634. The van der Waals surface area contributed by atoms with E-state index < -0.39 is 34.3 Å². The van der Waals surface area contributed by atoms with Gasteiger partial charge >= 0.3 is 0 Å². The first kappa shape index (κ1) is 20.2. The summed E-state index contributed by atoms with van der Waals surface area (Å²) in [5.41, 5.74) is -0.909. The minimum Gasteiger partial charge on any atom is -0.506 e. The zero-order chi connectivity index (χ0) is 21.3. The molecule has 0 aliphatic rings. The number of aromatic hydroxyl groups is 1. The lowest BCUT2D eigenvalue weighted by Gasteiger charge is -2.13. The van der Waals surface area contributed by atoms with E-state index in [0.29, 0.717) is 0 Å². The van der Waals surface area contributed by atoms with Crippen LogP contribution in [0.2, 0.25) is 0 Å². The molecule has 0 saturated carbocycles. The fourth-order valence-corrected chi connectivity index (χ4v) is 2.92. The third-order valence-corrected chi connectivity index (χ3v) is 4.47. The Hall–Kier alpha value is -3.55. The fourth-order valence-electron chi connectivity index (χ4n) is 2.92. The van der Waals surface area contributed by atoms with Gasteiger partial charge in [0, 0.05) is 31.3 Å². The number of fused-ring (bicyclic) bond motifs is 1. The van der Waals surface area contributed by atoms with Crippen molar-refractivity contribution in [2.75, 3.05) is 0 Å². The van der Waals surface area contributed by atoms with Gasteiger partial charge in [0.05, 0.1) is 5.52 Å². The number of benzene rings is 2. The molecule has 1 N–H and O–H groups in total. The molecule has 1 aromatic heterocycles. The number of hydrogen-bond acceptors (Lipinski definition) is 5. The molecular formula is C21H17F2NO5. The summed E-state index contributed by atoms with van der Waals surface area (Å²) < 4.78 is 33.7. The number of carbonyl (C=O) groups excluding carboxylic acids is 2. The van der Waals surface area contributed by atoms with Gasteiger partial charge in [-0.2, -0.15) is 4.39 Å². The lowest BCUT2D eigenvalue weighted by molar-refractivity contribution is -0.116. The maximum Gasteiger partial charge on any atom is 0.265 e. The molecule has 3 aromatic rings. The van der Waals surface area contributed by atoms with Gasteiger partial charge in [0.2, 0.25) is 5.82 Å². The van der Waals surface area contributed by atoms with Gasteiger partial charge in [0.15, 0.2) is 17.3 Å². The first-order valence-corrected chi connectivity index (χ1v) is 8.71. The van der Waals surface area contributed by atoms with Gasteiger partial charge in [-0.15, -0.1) is 0 Å². The van der Waals surface area contributed by atoms with Crippen LogP contribution < -0.4 is 10.3 Å². The van der Waals surface area contributed by atoms with Gasteiger partial charge in [-0.1, -0.05) is 6.07 Å². The van der Waals surface area contributed by atoms with Crippen molar-refractivity contribution in [2.45, 2.75) is 19.8 Å². The van der Waals surface area contributed by atoms with Crippen molar-refractivity contribution in [1.29, 1.82) is 0 Å². The van der Waals surface area contributed by atoms with Crippen LogP contribution in [0.3, 0.4) is 0 Å². The lowest BCUT2D eigenvalue weighted by Crippen LogP contribution is -2.25. The second-order valence-corrected chi connectivity index (χ2v) is 6.55. The first-order chi connectivity index (χ1) is 13.7. The molecule has 29 heavy (non-hydrogen) atoms. The first-order valence-electron chi connectivity index (χ1n) is 8.71. The van der Waals surface area contributed by atoms with E-state index in [2.05, 4.69) is 0 Å². The average Bonchev–Trinajstić information content (AvgIpc) is 2.68. The molecule has 0 aliphatic carbocycles. The Labute approximate surface area is 164 Å². The highest BCUT2D eigenvalue weighted by Crippen LogP contribution is 2.32. The number of rotatable bonds is 6. The molecule has 0 unspecified atom stereocenters. The van der Waals surface area contributed by atoms with Crippen LogP contribution in [0.15, 0.2) is 41.2 Å².